The Labute approximate surface area is 194 Å². The number of benzene rings is 3. The van der Waals surface area contributed by atoms with Crippen molar-refractivity contribution in [3.63, 3.8) is 0 Å². The van der Waals surface area contributed by atoms with Crippen LogP contribution in [0, 0.1) is 0 Å². The molecule has 1 saturated heterocycles. The van der Waals surface area contributed by atoms with E-state index in [0.717, 1.165) is 19.5 Å². The van der Waals surface area contributed by atoms with E-state index >= 15 is 0 Å². The molecule has 0 saturated carbocycles. The molecule has 0 bridgehead atoms. The molecule has 2 amide bonds. The molecular weight excluding hydrogens is 414 g/mol. The van der Waals surface area contributed by atoms with Gasteiger partial charge in [0.25, 0.3) is 11.8 Å². The Morgan fingerprint density at radius 2 is 1.45 bits per heavy atom. The number of piperazine rings is 1. The van der Waals surface area contributed by atoms with Crippen molar-refractivity contribution in [1.82, 2.24) is 9.80 Å². The van der Waals surface area contributed by atoms with Crippen molar-refractivity contribution >= 4 is 17.5 Å². The third kappa shape index (κ3) is 5.79. The molecule has 6 nitrogen and oxygen atoms in total. The smallest absolute Gasteiger partial charge is 0.259 e. The number of hydrogen-bond acceptors (Lipinski definition) is 4. The maximum Gasteiger partial charge on any atom is 0.259 e. The first kappa shape index (κ1) is 22.6. The van der Waals surface area contributed by atoms with Crippen LogP contribution in [0.4, 0.5) is 5.69 Å². The van der Waals surface area contributed by atoms with Gasteiger partial charge in [0.15, 0.2) is 0 Å². The summed E-state index contributed by atoms with van der Waals surface area (Å²) in [6.07, 6.45) is 0.749. The molecule has 1 heterocycles. The van der Waals surface area contributed by atoms with Gasteiger partial charge in [0.1, 0.15) is 5.75 Å². The highest BCUT2D eigenvalue weighted by atomic mass is 16.5. The van der Waals surface area contributed by atoms with Gasteiger partial charge >= 0.3 is 0 Å². The monoisotopic (exact) mass is 443 g/mol. The molecular formula is C27H29N3O3. The molecule has 3 aromatic carbocycles. The molecule has 1 aliphatic rings. The highest BCUT2D eigenvalue weighted by Crippen LogP contribution is 2.23. The second-order valence-corrected chi connectivity index (χ2v) is 8.18. The lowest BCUT2D eigenvalue weighted by atomic mass is 10.1. The van der Waals surface area contributed by atoms with E-state index in [1.165, 1.54) is 5.56 Å². The Hall–Kier alpha value is -3.64. The number of anilines is 1. The molecule has 33 heavy (non-hydrogen) atoms. The van der Waals surface area contributed by atoms with E-state index in [0.29, 0.717) is 42.3 Å². The van der Waals surface area contributed by atoms with Crippen LogP contribution in [0.2, 0.25) is 0 Å². The number of likely N-dealkylation sites (N-methyl/N-ethyl adjacent to an activating group) is 1. The minimum absolute atomic E-state index is 0.0635. The lowest BCUT2D eigenvalue weighted by Gasteiger charge is -2.32. The second kappa shape index (κ2) is 10.8. The molecule has 3 aromatic rings. The molecule has 0 aromatic heterocycles. The zero-order valence-electron chi connectivity index (χ0n) is 18.9. The maximum atomic E-state index is 13.1. The van der Waals surface area contributed by atoms with Crippen molar-refractivity contribution < 1.29 is 14.3 Å². The Kier molecular flexibility index (Phi) is 7.37. The van der Waals surface area contributed by atoms with Crippen LogP contribution in [0.25, 0.3) is 0 Å². The zero-order valence-corrected chi connectivity index (χ0v) is 18.9. The summed E-state index contributed by atoms with van der Waals surface area (Å²) in [5.74, 6) is 0.157. The lowest BCUT2D eigenvalue weighted by molar-refractivity contribution is 0.0665. The summed E-state index contributed by atoms with van der Waals surface area (Å²) in [5, 5.41) is 2.93. The largest absolute Gasteiger partial charge is 0.492 e. The highest BCUT2D eigenvalue weighted by molar-refractivity contribution is 6.10. The molecule has 0 spiro atoms. The van der Waals surface area contributed by atoms with Gasteiger partial charge < -0.3 is 19.9 Å². The van der Waals surface area contributed by atoms with Crippen LogP contribution in [0.1, 0.15) is 26.3 Å². The summed E-state index contributed by atoms with van der Waals surface area (Å²) < 4.78 is 5.94. The van der Waals surface area contributed by atoms with Crippen molar-refractivity contribution in [2.45, 2.75) is 6.42 Å². The molecule has 1 aliphatic heterocycles. The van der Waals surface area contributed by atoms with Crippen molar-refractivity contribution in [2.75, 3.05) is 45.2 Å². The number of nitrogens with zero attached hydrogens (tertiary/aromatic N) is 2. The van der Waals surface area contributed by atoms with Crippen molar-refractivity contribution in [3.05, 3.63) is 95.6 Å². The number of para-hydroxylation sites is 2. The van der Waals surface area contributed by atoms with Crippen LogP contribution in [0.5, 0.6) is 5.75 Å². The fraction of sp³-hybridized carbons (Fsp3) is 0.259. The van der Waals surface area contributed by atoms with Gasteiger partial charge in [-0.2, -0.15) is 0 Å². The average molecular weight is 444 g/mol. The van der Waals surface area contributed by atoms with Crippen LogP contribution >= 0.6 is 0 Å². The van der Waals surface area contributed by atoms with Gasteiger partial charge in [0, 0.05) is 32.6 Å². The summed E-state index contributed by atoms with van der Waals surface area (Å²) in [5.41, 5.74) is 2.62. The Balaban J connectivity index is 1.45. The third-order valence-electron chi connectivity index (χ3n) is 5.82. The van der Waals surface area contributed by atoms with Crippen molar-refractivity contribution in [1.29, 1.82) is 0 Å². The fourth-order valence-corrected chi connectivity index (χ4v) is 3.85. The van der Waals surface area contributed by atoms with Crippen LogP contribution < -0.4 is 10.1 Å². The number of nitrogens with one attached hydrogen (secondary N) is 1. The van der Waals surface area contributed by atoms with E-state index < -0.39 is 0 Å². The van der Waals surface area contributed by atoms with E-state index in [9.17, 15) is 9.59 Å². The van der Waals surface area contributed by atoms with E-state index in [4.69, 9.17) is 4.74 Å². The van der Waals surface area contributed by atoms with Crippen LogP contribution in [0.15, 0.2) is 78.9 Å². The Bertz CT molecular complexity index is 1090. The van der Waals surface area contributed by atoms with Gasteiger partial charge in [-0.3, -0.25) is 9.59 Å². The molecule has 0 aliphatic carbocycles. The second-order valence-electron chi connectivity index (χ2n) is 8.18. The Morgan fingerprint density at radius 3 is 2.21 bits per heavy atom. The third-order valence-corrected chi connectivity index (χ3v) is 5.82. The first-order chi connectivity index (χ1) is 16.1. The zero-order chi connectivity index (χ0) is 23.0. The van der Waals surface area contributed by atoms with Crippen molar-refractivity contribution in [3.8, 4) is 5.75 Å². The number of amides is 2. The number of ether oxygens (including phenoxy) is 1. The van der Waals surface area contributed by atoms with E-state index in [-0.39, 0.29) is 11.8 Å². The summed E-state index contributed by atoms with van der Waals surface area (Å²) >= 11 is 0. The van der Waals surface area contributed by atoms with Gasteiger partial charge in [-0.15, -0.1) is 0 Å². The normalized spacial score (nSPS) is 14.0. The van der Waals surface area contributed by atoms with Crippen LogP contribution in [-0.2, 0) is 6.42 Å². The predicted molar refractivity (Wildman–Crippen MR) is 130 cm³/mol. The van der Waals surface area contributed by atoms with Gasteiger partial charge in [0.2, 0.25) is 0 Å². The van der Waals surface area contributed by atoms with E-state index in [1.54, 1.807) is 30.3 Å². The molecule has 4 rings (SSSR count). The number of carbonyl (C=O) groups excluding carboxylic acids is 2. The fourth-order valence-electron chi connectivity index (χ4n) is 3.85. The van der Waals surface area contributed by atoms with Gasteiger partial charge in [0.05, 0.1) is 23.4 Å². The molecule has 0 radical (unpaired) electrons. The van der Waals surface area contributed by atoms with E-state index in [2.05, 4.69) is 29.4 Å². The summed E-state index contributed by atoms with van der Waals surface area (Å²) in [7, 11) is 2.05. The molecule has 6 heteroatoms. The average Bonchev–Trinajstić information content (AvgIpc) is 2.85. The number of carbonyl (C=O) groups is 2. The minimum Gasteiger partial charge on any atom is -0.492 e. The maximum absolute atomic E-state index is 13.1. The molecule has 0 unspecified atom stereocenters. The van der Waals surface area contributed by atoms with Gasteiger partial charge in [-0.25, -0.2) is 0 Å². The lowest BCUT2D eigenvalue weighted by Crippen LogP contribution is -2.47. The first-order valence-electron chi connectivity index (χ1n) is 11.3. The first-order valence-corrected chi connectivity index (χ1v) is 11.3. The predicted octanol–water partition coefficient (Wildman–Crippen LogP) is 3.95. The number of hydrogen-bond donors (Lipinski definition) is 1. The SMILES string of the molecule is CN1CCN(C(=O)c2ccccc2NC(=O)c2ccccc2OCCc2ccccc2)CC1. The number of rotatable bonds is 7. The molecule has 0 atom stereocenters. The van der Waals surface area contributed by atoms with E-state index in [1.807, 2.05) is 41.3 Å². The molecule has 1 N–H and O–H groups in total. The Morgan fingerprint density at radius 1 is 0.818 bits per heavy atom. The summed E-state index contributed by atoms with van der Waals surface area (Å²) in [6.45, 7) is 3.50. The van der Waals surface area contributed by atoms with Crippen molar-refractivity contribution in [2.24, 2.45) is 0 Å². The standard InChI is InChI=1S/C27H29N3O3/c1-29-16-18-30(19-17-29)27(32)22-11-5-7-13-24(22)28-26(31)23-12-6-8-14-25(23)33-20-15-21-9-3-2-4-10-21/h2-14H,15-20H2,1H3,(H,28,31). The van der Waals surface area contributed by atoms with Gasteiger partial charge in [-0.1, -0.05) is 54.6 Å². The quantitative estimate of drug-likeness (QED) is 0.601. The topological polar surface area (TPSA) is 61.9 Å². The van der Waals surface area contributed by atoms with Crippen LogP contribution in [-0.4, -0.2) is 61.4 Å². The summed E-state index contributed by atoms with van der Waals surface area (Å²) in [4.78, 5) is 30.3. The van der Waals surface area contributed by atoms with Gasteiger partial charge in [-0.05, 0) is 36.9 Å². The summed E-state index contributed by atoms with van der Waals surface area (Å²) in [6, 6.07) is 24.4. The molecule has 1 fully saturated rings. The highest BCUT2D eigenvalue weighted by Gasteiger charge is 2.23. The minimum atomic E-state index is -0.302. The molecule has 170 valence electrons. The van der Waals surface area contributed by atoms with Crippen LogP contribution in [0.3, 0.4) is 0 Å².